The van der Waals surface area contributed by atoms with Crippen LogP contribution in [0.2, 0.25) is 0 Å². The summed E-state index contributed by atoms with van der Waals surface area (Å²) in [7, 11) is -3.99. The van der Waals surface area contributed by atoms with Gasteiger partial charge in [0.05, 0.1) is 0 Å². The van der Waals surface area contributed by atoms with Gasteiger partial charge in [-0.3, -0.25) is 0 Å². The van der Waals surface area contributed by atoms with Gasteiger partial charge in [0.15, 0.2) is 11.3 Å². The van der Waals surface area contributed by atoms with Crippen molar-refractivity contribution in [3.8, 4) is 5.75 Å². The number of benzene rings is 3. The monoisotopic (exact) mass is 325 g/mol. The highest BCUT2D eigenvalue weighted by molar-refractivity contribution is 7.87. The SMILES string of the molecule is O=S(=O)(Oc1cccc2n[nH]nc12)c1cccc2ccccc12. The smallest absolute Gasteiger partial charge is 0.339 e. The van der Waals surface area contributed by atoms with Crippen molar-refractivity contribution in [3.05, 3.63) is 60.7 Å². The molecule has 0 saturated carbocycles. The van der Waals surface area contributed by atoms with E-state index >= 15 is 0 Å². The molecule has 4 aromatic rings. The molecule has 0 atom stereocenters. The van der Waals surface area contributed by atoms with Crippen molar-refractivity contribution in [2.75, 3.05) is 0 Å². The molecule has 0 bridgehead atoms. The maximum atomic E-state index is 12.7. The molecule has 0 unspecified atom stereocenters. The second-order valence-corrected chi connectivity index (χ2v) is 6.48. The molecule has 4 rings (SSSR count). The van der Waals surface area contributed by atoms with Crippen LogP contribution in [0.4, 0.5) is 0 Å². The van der Waals surface area contributed by atoms with Crippen molar-refractivity contribution in [1.29, 1.82) is 0 Å². The van der Waals surface area contributed by atoms with Crippen LogP contribution in [0.5, 0.6) is 5.75 Å². The molecule has 0 aliphatic rings. The van der Waals surface area contributed by atoms with Crippen molar-refractivity contribution in [1.82, 2.24) is 15.4 Å². The number of nitrogens with one attached hydrogen (secondary N) is 1. The Kier molecular flexibility index (Phi) is 3.02. The van der Waals surface area contributed by atoms with Crippen LogP contribution in [-0.4, -0.2) is 23.8 Å². The molecule has 1 N–H and O–H groups in total. The summed E-state index contributed by atoms with van der Waals surface area (Å²) in [4.78, 5) is 0.121. The molecule has 0 saturated heterocycles. The lowest BCUT2D eigenvalue weighted by Gasteiger charge is -2.09. The first-order chi connectivity index (χ1) is 11.1. The Balaban J connectivity index is 1.86. The van der Waals surface area contributed by atoms with Gasteiger partial charge in [0, 0.05) is 5.39 Å². The number of fused-ring (bicyclic) bond motifs is 2. The third kappa shape index (κ3) is 2.31. The molecule has 7 heteroatoms. The first kappa shape index (κ1) is 13.7. The number of aromatic nitrogens is 3. The summed E-state index contributed by atoms with van der Waals surface area (Å²) in [5.41, 5.74) is 0.909. The van der Waals surface area contributed by atoms with Crippen LogP contribution in [0.25, 0.3) is 21.8 Å². The van der Waals surface area contributed by atoms with E-state index in [1.807, 2.05) is 18.2 Å². The van der Waals surface area contributed by atoms with E-state index in [1.54, 1.807) is 36.4 Å². The standard InChI is InChI=1S/C16H11N3O3S/c20-23(21,15-10-3-6-11-5-1-2-7-12(11)15)22-14-9-4-8-13-16(14)18-19-17-13/h1-10H,(H,17,18,19). The van der Waals surface area contributed by atoms with Crippen molar-refractivity contribution in [3.63, 3.8) is 0 Å². The second kappa shape index (κ2) is 5.06. The highest BCUT2D eigenvalue weighted by Crippen LogP contribution is 2.28. The Morgan fingerprint density at radius 1 is 0.870 bits per heavy atom. The van der Waals surface area contributed by atoms with Crippen LogP contribution in [0.15, 0.2) is 65.6 Å². The van der Waals surface area contributed by atoms with Gasteiger partial charge in [-0.25, -0.2) is 0 Å². The minimum absolute atomic E-state index is 0.121. The highest BCUT2D eigenvalue weighted by atomic mass is 32.2. The lowest BCUT2D eigenvalue weighted by atomic mass is 10.1. The zero-order valence-corrected chi connectivity index (χ0v) is 12.6. The van der Waals surface area contributed by atoms with E-state index in [9.17, 15) is 8.42 Å². The molecule has 23 heavy (non-hydrogen) atoms. The molecule has 0 amide bonds. The van der Waals surface area contributed by atoms with E-state index < -0.39 is 10.1 Å². The highest BCUT2D eigenvalue weighted by Gasteiger charge is 2.21. The fourth-order valence-electron chi connectivity index (χ4n) is 2.49. The number of para-hydroxylation sites is 1. The van der Waals surface area contributed by atoms with Gasteiger partial charge in [-0.05, 0) is 23.6 Å². The first-order valence-corrected chi connectivity index (χ1v) is 8.28. The number of H-pyrrole nitrogens is 1. The van der Waals surface area contributed by atoms with E-state index in [0.29, 0.717) is 16.4 Å². The summed E-state index contributed by atoms with van der Waals surface area (Å²) in [6, 6.07) is 17.3. The van der Waals surface area contributed by atoms with Crippen LogP contribution >= 0.6 is 0 Å². The van der Waals surface area contributed by atoms with Crippen molar-refractivity contribution < 1.29 is 12.6 Å². The molecule has 6 nitrogen and oxygen atoms in total. The quantitative estimate of drug-likeness (QED) is 0.585. The number of nitrogens with zero attached hydrogens (tertiary/aromatic N) is 2. The van der Waals surface area contributed by atoms with Gasteiger partial charge in [0.2, 0.25) is 0 Å². The Morgan fingerprint density at radius 3 is 2.57 bits per heavy atom. The average molecular weight is 325 g/mol. The predicted octanol–water partition coefficient (Wildman–Crippen LogP) is 2.88. The fraction of sp³-hybridized carbons (Fsp3) is 0. The van der Waals surface area contributed by atoms with Gasteiger partial charge in [-0.15, -0.1) is 0 Å². The van der Waals surface area contributed by atoms with Gasteiger partial charge in [-0.2, -0.15) is 23.8 Å². The van der Waals surface area contributed by atoms with Gasteiger partial charge >= 0.3 is 10.1 Å². The van der Waals surface area contributed by atoms with Crippen LogP contribution in [0.1, 0.15) is 0 Å². The molecular formula is C16H11N3O3S. The molecule has 1 heterocycles. The van der Waals surface area contributed by atoms with E-state index in [0.717, 1.165) is 5.39 Å². The van der Waals surface area contributed by atoms with Gasteiger partial charge in [0.25, 0.3) is 0 Å². The first-order valence-electron chi connectivity index (χ1n) is 6.87. The van der Waals surface area contributed by atoms with E-state index in [2.05, 4.69) is 15.4 Å². The molecule has 0 aliphatic carbocycles. The minimum atomic E-state index is -3.99. The lowest BCUT2D eigenvalue weighted by Crippen LogP contribution is -2.10. The average Bonchev–Trinajstić information content (AvgIpc) is 3.04. The van der Waals surface area contributed by atoms with Crippen LogP contribution in [0, 0.1) is 0 Å². The fourth-order valence-corrected chi connectivity index (χ4v) is 3.65. The molecule has 0 aliphatic heterocycles. The van der Waals surface area contributed by atoms with Gasteiger partial charge < -0.3 is 4.18 Å². The largest absolute Gasteiger partial charge is 0.376 e. The third-order valence-electron chi connectivity index (χ3n) is 3.53. The normalized spacial score (nSPS) is 11.8. The molecule has 114 valence electrons. The summed E-state index contributed by atoms with van der Waals surface area (Å²) in [5, 5.41) is 11.8. The Morgan fingerprint density at radius 2 is 1.65 bits per heavy atom. The second-order valence-electron chi connectivity index (χ2n) is 4.96. The summed E-state index contributed by atoms with van der Waals surface area (Å²) in [5.74, 6) is 0.143. The molecular weight excluding hydrogens is 314 g/mol. The Hall–Kier alpha value is -2.93. The number of hydrogen-bond acceptors (Lipinski definition) is 5. The molecule has 0 spiro atoms. The summed E-state index contributed by atoms with van der Waals surface area (Å²) in [6.07, 6.45) is 0. The van der Waals surface area contributed by atoms with Crippen molar-refractivity contribution in [2.24, 2.45) is 0 Å². The molecule has 1 aromatic heterocycles. The van der Waals surface area contributed by atoms with Gasteiger partial charge in [0.1, 0.15) is 10.4 Å². The lowest BCUT2D eigenvalue weighted by molar-refractivity contribution is 0.489. The Labute approximate surface area is 131 Å². The van der Waals surface area contributed by atoms with Crippen LogP contribution in [0.3, 0.4) is 0 Å². The number of rotatable bonds is 3. The zero-order valence-electron chi connectivity index (χ0n) is 11.8. The van der Waals surface area contributed by atoms with E-state index in [4.69, 9.17) is 4.18 Å². The topological polar surface area (TPSA) is 84.9 Å². The summed E-state index contributed by atoms with van der Waals surface area (Å²) < 4.78 is 30.7. The Bertz CT molecular complexity index is 1110. The number of aromatic amines is 1. The number of hydrogen-bond donors (Lipinski definition) is 1. The zero-order chi connectivity index (χ0) is 15.9. The molecule has 0 radical (unpaired) electrons. The summed E-state index contributed by atoms with van der Waals surface area (Å²) in [6.45, 7) is 0. The summed E-state index contributed by atoms with van der Waals surface area (Å²) >= 11 is 0. The minimum Gasteiger partial charge on any atom is -0.376 e. The van der Waals surface area contributed by atoms with E-state index in [1.165, 1.54) is 6.07 Å². The van der Waals surface area contributed by atoms with Crippen LogP contribution in [-0.2, 0) is 10.1 Å². The van der Waals surface area contributed by atoms with Gasteiger partial charge in [-0.1, -0.05) is 42.5 Å². The van der Waals surface area contributed by atoms with E-state index in [-0.39, 0.29) is 10.6 Å². The molecule has 3 aromatic carbocycles. The molecule has 0 fully saturated rings. The maximum Gasteiger partial charge on any atom is 0.339 e. The van der Waals surface area contributed by atoms with Crippen molar-refractivity contribution in [2.45, 2.75) is 4.90 Å². The third-order valence-corrected chi connectivity index (χ3v) is 4.82. The predicted molar refractivity (Wildman–Crippen MR) is 85.7 cm³/mol. The van der Waals surface area contributed by atoms with Crippen LogP contribution < -0.4 is 4.18 Å². The van der Waals surface area contributed by atoms with Crippen molar-refractivity contribution >= 4 is 31.9 Å². The maximum absolute atomic E-state index is 12.7.